The SMILES string of the molecule is N#Cc1ccc(OCCSc2nnc(N)s2)cc1. The number of nitrogen functional groups attached to an aromatic ring is 1. The van der Waals surface area contributed by atoms with Crippen LogP contribution >= 0.6 is 23.1 Å². The lowest BCUT2D eigenvalue weighted by molar-refractivity contribution is 0.344. The lowest BCUT2D eigenvalue weighted by Crippen LogP contribution is -1.99. The number of nitriles is 1. The average molecular weight is 278 g/mol. The monoisotopic (exact) mass is 278 g/mol. The molecule has 18 heavy (non-hydrogen) atoms. The van der Waals surface area contributed by atoms with Crippen LogP contribution in [0.5, 0.6) is 5.75 Å². The van der Waals surface area contributed by atoms with Crippen LogP contribution in [-0.4, -0.2) is 22.6 Å². The van der Waals surface area contributed by atoms with Crippen LogP contribution in [0, 0.1) is 11.3 Å². The first kappa shape index (κ1) is 12.7. The number of anilines is 1. The van der Waals surface area contributed by atoms with Gasteiger partial charge in [0.2, 0.25) is 5.13 Å². The Morgan fingerprint density at radius 1 is 1.33 bits per heavy atom. The summed E-state index contributed by atoms with van der Waals surface area (Å²) >= 11 is 2.92. The number of hydrogen-bond acceptors (Lipinski definition) is 7. The molecular formula is C11H10N4OS2. The molecule has 0 bridgehead atoms. The molecule has 7 heteroatoms. The zero-order chi connectivity index (χ0) is 12.8. The van der Waals surface area contributed by atoms with Crippen LogP contribution in [0.3, 0.4) is 0 Å². The van der Waals surface area contributed by atoms with Crippen LogP contribution in [-0.2, 0) is 0 Å². The molecule has 0 unspecified atom stereocenters. The van der Waals surface area contributed by atoms with E-state index < -0.39 is 0 Å². The highest BCUT2D eigenvalue weighted by Gasteiger charge is 2.01. The molecule has 0 atom stereocenters. The van der Waals surface area contributed by atoms with Crippen molar-refractivity contribution >= 4 is 28.2 Å². The number of ether oxygens (including phenoxy) is 1. The Balaban J connectivity index is 1.73. The Morgan fingerprint density at radius 2 is 2.11 bits per heavy atom. The molecule has 1 aromatic carbocycles. The molecule has 0 saturated heterocycles. The van der Waals surface area contributed by atoms with Crippen molar-refractivity contribution < 1.29 is 4.74 Å². The van der Waals surface area contributed by atoms with Crippen LogP contribution in [0.15, 0.2) is 28.6 Å². The second-order valence-electron chi connectivity index (χ2n) is 3.24. The average Bonchev–Trinajstić information content (AvgIpc) is 2.81. The van der Waals surface area contributed by atoms with E-state index in [1.807, 2.05) is 0 Å². The van der Waals surface area contributed by atoms with Gasteiger partial charge in [0, 0.05) is 5.75 Å². The third-order valence-corrected chi connectivity index (χ3v) is 3.83. The Kier molecular flexibility index (Phi) is 4.39. The van der Waals surface area contributed by atoms with Gasteiger partial charge in [-0.2, -0.15) is 5.26 Å². The van der Waals surface area contributed by atoms with Crippen molar-refractivity contribution in [1.82, 2.24) is 10.2 Å². The third kappa shape index (κ3) is 3.61. The predicted molar refractivity (Wildman–Crippen MR) is 71.7 cm³/mol. The fourth-order valence-electron chi connectivity index (χ4n) is 1.19. The molecule has 0 radical (unpaired) electrons. The summed E-state index contributed by atoms with van der Waals surface area (Å²) in [6, 6.07) is 9.09. The number of aromatic nitrogens is 2. The van der Waals surface area contributed by atoms with Gasteiger partial charge in [0.05, 0.1) is 18.2 Å². The van der Waals surface area contributed by atoms with E-state index in [4.69, 9.17) is 15.7 Å². The highest BCUT2D eigenvalue weighted by Crippen LogP contribution is 2.23. The summed E-state index contributed by atoms with van der Waals surface area (Å²) in [5.74, 6) is 1.53. The molecule has 2 N–H and O–H groups in total. The molecular weight excluding hydrogens is 268 g/mol. The predicted octanol–water partition coefficient (Wildman–Crippen LogP) is 2.16. The highest BCUT2D eigenvalue weighted by atomic mass is 32.2. The van der Waals surface area contributed by atoms with Crippen molar-refractivity contribution in [3.8, 4) is 11.8 Å². The largest absolute Gasteiger partial charge is 0.493 e. The van der Waals surface area contributed by atoms with Crippen molar-refractivity contribution in [3.63, 3.8) is 0 Å². The van der Waals surface area contributed by atoms with E-state index in [1.54, 1.807) is 36.0 Å². The molecule has 0 aliphatic carbocycles. The Hall–Kier alpha value is -1.78. The minimum atomic E-state index is 0.477. The third-order valence-electron chi connectivity index (χ3n) is 1.98. The summed E-state index contributed by atoms with van der Waals surface area (Å²) in [6.07, 6.45) is 0. The Labute approximate surface area is 113 Å². The standard InChI is InChI=1S/C11H10N4OS2/c12-7-8-1-3-9(4-2-8)16-5-6-17-11-15-14-10(13)18-11/h1-4H,5-6H2,(H2,13,14). The number of nitrogens with two attached hydrogens (primary N) is 1. The highest BCUT2D eigenvalue weighted by molar-refractivity contribution is 8.01. The van der Waals surface area contributed by atoms with Gasteiger partial charge < -0.3 is 10.5 Å². The fourth-order valence-corrected chi connectivity index (χ4v) is 2.72. The van der Waals surface area contributed by atoms with Gasteiger partial charge in [0.15, 0.2) is 4.34 Å². The summed E-state index contributed by atoms with van der Waals surface area (Å²) in [4.78, 5) is 0. The van der Waals surface area contributed by atoms with E-state index >= 15 is 0 Å². The van der Waals surface area contributed by atoms with Crippen LogP contribution in [0.4, 0.5) is 5.13 Å². The van der Waals surface area contributed by atoms with Crippen LogP contribution in [0.2, 0.25) is 0 Å². The number of thioether (sulfide) groups is 1. The van der Waals surface area contributed by atoms with Gasteiger partial charge in [-0.15, -0.1) is 10.2 Å². The van der Waals surface area contributed by atoms with E-state index in [-0.39, 0.29) is 0 Å². The number of rotatable bonds is 5. The lowest BCUT2D eigenvalue weighted by Gasteiger charge is -2.04. The first-order valence-corrected chi connectivity index (χ1v) is 6.93. The molecule has 0 spiro atoms. The maximum absolute atomic E-state index is 8.65. The van der Waals surface area contributed by atoms with Crippen molar-refractivity contribution in [2.24, 2.45) is 0 Å². The maximum atomic E-state index is 8.65. The van der Waals surface area contributed by atoms with E-state index in [0.717, 1.165) is 15.8 Å². The van der Waals surface area contributed by atoms with Gasteiger partial charge in [-0.1, -0.05) is 23.1 Å². The smallest absolute Gasteiger partial charge is 0.203 e. The molecule has 0 fully saturated rings. The maximum Gasteiger partial charge on any atom is 0.203 e. The number of nitrogens with zero attached hydrogens (tertiary/aromatic N) is 3. The van der Waals surface area contributed by atoms with Crippen LogP contribution in [0.25, 0.3) is 0 Å². The van der Waals surface area contributed by atoms with Crippen molar-refractivity contribution in [3.05, 3.63) is 29.8 Å². The molecule has 5 nitrogen and oxygen atoms in total. The van der Waals surface area contributed by atoms with Gasteiger partial charge in [-0.05, 0) is 24.3 Å². The molecule has 2 aromatic rings. The quantitative estimate of drug-likeness (QED) is 0.666. The zero-order valence-electron chi connectivity index (χ0n) is 9.37. The van der Waals surface area contributed by atoms with E-state index in [0.29, 0.717) is 17.3 Å². The summed E-state index contributed by atoms with van der Waals surface area (Å²) in [5.41, 5.74) is 6.10. The molecule has 1 aromatic heterocycles. The van der Waals surface area contributed by atoms with Gasteiger partial charge in [-0.3, -0.25) is 0 Å². The lowest BCUT2D eigenvalue weighted by atomic mass is 10.2. The minimum absolute atomic E-state index is 0.477. The van der Waals surface area contributed by atoms with Gasteiger partial charge in [0.25, 0.3) is 0 Å². The summed E-state index contributed by atoms with van der Waals surface area (Å²) < 4.78 is 6.37. The molecule has 1 heterocycles. The molecule has 92 valence electrons. The van der Waals surface area contributed by atoms with Crippen molar-refractivity contribution in [2.75, 3.05) is 18.1 Å². The molecule has 0 aliphatic rings. The summed E-state index contributed by atoms with van der Waals surface area (Å²) in [6.45, 7) is 0.566. The van der Waals surface area contributed by atoms with Gasteiger partial charge >= 0.3 is 0 Å². The molecule has 0 aliphatic heterocycles. The van der Waals surface area contributed by atoms with E-state index in [2.05, 4.69) is 16.3 Å². The number of hydrogen-bond donors (Lipinski definition) is 1. The normalized spacial score (nSPS) is 9.94. The molecule has 0 saturated carbocycles. The Morgan fingerprint density at radius 3 is 2.72 bits per heavy atom. The summed E-state index contributed by atoms with van der Waals surface area (Å²) in [5, 5.41) is 16.8. The number of benzene rings is 1. The van der Waals surface area contributed by atoms with Gasteiger partial charge in [-0.25, -0.2) is 0 Å². The minimum Gasteiger partial charge on any atom is -0.493 e. The van der Waals surface area contributed by atoms with Gasteiger partial charge in [0.1, 0.15) is 5.75 Å². The fraction of sp³-hybridized carbons (Fsp3) is 0.182. The topological polar surface area (TPSA) is 84.8 Å². The van der Waals surface area contributed by atoms with Crippen LogP contribution in [0.1, 0.15) is 5.56 Å². The molecule has 2 rings (SSSR count). The van der Waals surface area contributed by atoms with Crippen molar-refractivity contribution in [2.45, 2.75) is 4.34 Å². The van der Waals surface area contributed by atoms with E-state index in [1.165, 1.54) is 11.3 Å². The first-order valence-electron chi connectivity index (χ1n) is 5.12. The van der Waals surface area contributed by atoms with E-state index in [9.17, 15) is 0 Å². The second kappa shape index (κ2) is 6.23. The Bertz CT molecular complexity index is 547. The summed E-state index contributed by atoms with van der Waals surface area (Å²) in [7, 11) is 0. The van der Waals surface area contributed by atoms with Crippen LogP contribution < -0.4 is 10.5 Å². The van der Waals surface area contributed by atoms with Crippen molar-refractivity contribution in [1.29, 1.82) is 5.26 Å². The zero-order valence-corrected chi connectivity index (χ0v) is 11.0. The molecule has 0 amide bonds. The first-order chi connectivity index (χ1) is 8.78. The second-order valence-corrected chi connectivity index (χ2v) is 5.59.